The predicted molar refractivity (Wildman–Crippen MR) is 112 cm³/mol. The number of methoxy groups -OCH3 is 2. The van der Waals surface area contributed by atoms with Gasteiger partial charge in [-0.25, -0.2) is 0 Å². The molecular formula is C21H26N4O3S. The molecule has 3 aromatic rings. The van der Waals surface area contributed by atoms with E-state index in [1.54, 1.807) is 25.6 Å². The number of piperazine rings is 1. The summed E-state index contributed by atoms with van der Waals surface area (Å²) in [5, 5.41) is 10.4. The van der Waals surface area contributed by atoms with Gasteiger partial charge >= 0.3 is 0 Å². The molecule has 8 heteroatoms. The Kier molecular flexibility index (Phi) is 6.13. The molecule has 0 N–H and O–H groups in total. The fourth-order valence-electron chi connectivity index (χ4n) is 3.55. The molecule has 0 radical (unpaired) electrons. The number of thiophene rings is 1. The van der Waals surface area contributed by atoms with Crippen molar-refractivity contribution in [2.24, 2.45) is 0 Å². The zero-order valence-corrected chi connectivity index (χ0v) is 17.9. The van der Waals surface area contributed by atoms with Crippen LogP contribution in [0.3, 0.4) is 0 Å². The van der Waals surface area contributed by atoms with E-state index in [0.29, 0.717) is 18.3 Å². The van der Waals surface area contributed by atoms with Gasteiger partial charge in [0, 0.05) is 32.7 Å². The van der Waals surface area contributed by atoms with Crippen LogP contribution in [0.2, 0.25) is 0 Å². The van der Waals surface area contributed by atoms with Crippen LogP contribution < -0.4 is 9.47 Å². The topological polar surface area (TPSA) is 63.9 Å². The van der Waals surface area contributed by atoms with Crippen molar-refractivity contribution in [3.63, 3.8) is 0 Å². The van der Waals surface area contributed by atoms with Gasteiger partial charge in [-0.1, -0.05) is 6.07 Å². The highest BCUT2D eigenvalue weighted by Gasteiger charge is 2.21. The van der Waals surface area contributed by atoms with Gasteiger partial charge < -0.3 is 13.9 Å². The molecule has 29 heavy (non-hydrogen) atoms. The van der Waals surface area contributed by atoms with Gasteiger partial charge in [-0.05, 0) is 41.6 Å². The number of nitrogens with zero attached hydrogens (tertiary/aromatic N) is 4. The van der Waals surface area contributed by atoms with Crippen molar-refractivity contribution in [2.75, 3.05) is 40.4 Å². The third kappa shape index (κ3) is 4.60. The van der Waals surface area contributed by atoms with E-state index in [-0.39, 0.29) is 0 Å². The molecule has 1 aliphatic heterocycles. The van der Waals surface area contributed by atoms with Crippen LogP contribution >= 0.6 is 11.3 Å². The summed E-state index contributed by atoms with van der Waals surface area (Å²) in [5.74, 6) is 2.85. The highest BCUT2D eigenvalue weighted by molar-refractivity contribution is 7.13. The minimum Gasteiger partial charge on any atom is -0.493 e. The van der Waals surface area contributed by atoms with Crippen LogP contribution in [0.1, 0.15) is 17.0 Å². The summed E-state index contributed by atoms with van der Waals surface area (Å²) in [6.07, 6.45) is 0. The summed E-state index contributed by atoms with van der Waals surface area (Å²) < 4.78 is 16.7. The average molecular weight is 415 g/mol. The molecule has 0 amide bonds. The van der Waals surface area contributed by atoms with Crippen molar-refractivity contribution in [1.82, 2.24) is 20.0 Å². The van der Waals surface area contributed by atoms with Gasteiger partial charge in [0.05, 0.1) is 25.6 Å². The molecule has 0 unspecified atom stereocenters. The first-order chi connectivity index (χ1) is 14.2. The maximum Gasteiger partial charge on any atom is 0.257 e. The number of ether oxygens (including phenoxy) is 2. The van der Waals surface area contributed by atoms with E-state index in [1.165, 1.54) is 11.1 Å². The van der Waals surface area contributed by atoms with Crippen molar-refractivity contribution in [1.29, 1.82) is 0 Å². The Balaban J connectivity index is 1.32. The van der Waals surface area contributed by atoms with Crippen LogP contribution in [-0.2, 0) is 13.1 Å². The largest absolute Gasteiger partial charge is 0.493 e. The van der Waals surface area contributed by atoms with Gasteiger partial charge in [0.25, 0.3) is 5.89 Å². The number of benzene rings is 1. The predicted octanol–water partition coefficient (Wildman–Crippen LogP) is 3.44. The summed E-state index contributed by atoms with van der Waals surface area (Å²) >= 11 is 1.61. The lowest BCUT2D eigenvalue weighted by Crippen LogP contribution is -2.45. The molecule has 0 bridgehead atoms. The van der Waals surface area contributed by atoms with Crippen LogP contribution in [0.25, 0.3) is 10.8 Å². The van der Waals surface area contributed by atoms with Gasteiger partial charge in [-0.2, -0.15) is 0 Å². The SMILES string of the molecule is COc1cc(C)c(CN2CCN(Cc3nnc(-c4cccs4)o3)CC2)cc1OC. The number of hydrogen-bond acceptors (Lipinski definition) is 8. The van der Waals surface area contributed by atoms with Crippen molar-refractivity contribution < 1.29 is 13.9 Å². The van der Waals surface area contributed by atoms with E-state index >= 15 is 0 Å². The lowest BCUT2D eigenvalue weighted by Gasteiger charge is -2.34. The Morgan fingerprint density at radius 2 is 1.69 bits per heavy atom. The van der Waals surface area contributed by atoms with Gasteiger partial charge in [0.1, 0.15) is 0 Å². The van der Waals surface area contributed by atoms with Crippen molar-refractivity contribution in [3.8, 4) is 22.3 Å². The molecule has 1 fully saturated rings. The third-order valence-corrected chi connectivity index (χ3v) is 6.12. The Morgan fingerprint density at radius 3 is 2.34 bits per heavy atom. The highest BCUT2D eigenvalue weighted by Crippen LogP contribution is 2.31. The molecular weight excluding hydrogens is 388 g/mol. The first kappa shape index (κ1) is 19.9. The van der Waals surface area contributed by atoms with Crippen molar-refractivity contribution >= 4 is 11.3 Å². The zero-order valence-electron chi connectivity index (χ0n) is 17.1. The molecule has 0 aliphatic carbocycles. The highest BCUT2D eigenvalue weighted by atomic mass is 32.1. The number of aromatic nitrogens is 2. The monoisotopic (exact) mass is 414 g/mol. The van der Waals surface area contributed by atoms with Crippen LogP contribution in [-0.4, -0.2) is 60.4 Å². The summed E-state index contributed by atoms with van der Waals surface area (Å²) in [7, 11) is 3.35. The van der Waals surface area contributed by atoms with Crippen LogP contribution in [0.4, 0.5) is 0 Å². The normalized spacial score (nSPS) is 15.6. The van der Waals surface area contributed by atoms with E-state index in [4.69, 9.17) is 13.9 Å². The van der Waals surface area contributed by atoms with Crippen LogP contribution in [0.15, 0.2) is 34.1 Å². The molecule has 0 atom stereocenters. The van der Waals surface area contributed by atoms with Gasteiger partial charge in [0.15, 0.2) is 11.5 Å². The van der Waals surface area contributed by atoms with Crippen molar-refractivity contribution in [3.05, 3.63) is 46.7 Å². The first-order valence-electron chi connectivity index (χ1n) is 9.68. The average Bonchev–Trinajstić information content (AvgIpc) is 3.42. The van der Waals surface area contributed by atoms with E-state index in [9.17, 15) is 0 Å². The molecule has 2 aromatic heterocycles. The fraction of sp³-hybridized carbons (Fsp3) is 0.429. The molecule has 4 rings (SSSR count). The minimum atomic E-state index is 0.609. The quantitative estimate of drug-likeness (QED) is 0.587. The molecule has 0 saturated carbocycles. The summed E-state index contributed by atoms with van der Waals surface area (Å²) in [6, 6.07) is 8.12. The van der Waals surface area contributed by atoms with E-state index in [1.807, 2.05) is 23.6 Å². The Labute approximate surface area is 174 Å². The second-order valence-corrected chi connectivity index (χ2v) is 8.11. The lowest BCUT2D eigenvalue weighted by atomic mass is 10.1. The lowest BCUT2D eigenvalue weighted by molar-refractivity contribution is 0.114. The number of aryl methyl sites for hydroxylation is 1. The smallest absolute Gasteiger partial charge is 0.257 e. The van der Waals surface area contributed by atoms with Crippen molar-refractivity contribution in [2.45, 2.75) is 20.0 Å². The molecule has 1 aliphatic rings. The molecule has 3 heterocycles. The van der Waals surface area contributed by atoms with E-state index in [0.717, 1.165) is 49.1 Å². The van der Waals surface area contributed by atoms with Gasteiger partial charge in [-0.15, -0.1) is 21.5 Å². The summed E-state index contributed by atoms with van der Waals surface area (Å²) in [6.45, 7) is 7.67. The second kappa shape index (κ2) is 8.94. The first-order valence-corrected chi connectivity index (χ1v) is 10.6. The molecule has 7 nitrogen and oxygen atoms in total. The third-order valence-electron chi connectivity index (χ3n) is 5.26. The van der Waals surface area contributed by atoms with Crippen LogP contribution in [0, 0.1) is 6.92 Å². The molecule has 0 spiro atoms. The maximum absolute atomic E-state index is 5.82. The standard InChI is InChI=1S/C21H26N4O3S/c1-15-11-17(26-2)18(27-3)12-16(15)13-24-6-8-25(9-7-24)14-20-22-23-21(28-20)19-5-4-10-29-19/h4-5,10-12H,6-9,13-14H2,1-3H3. The number of rotatable bonds is 7. The maximum atomic E-state index is 5.82. The Hall–Kier alpha value is -2.42. The van der Waals surface area contributed by atoms with E-state index < -0.39 is 0 Å². The second-order valence-electron chi connectivity index (χ2n) is 7.16. The van der Waals surface area contributed by atoms with E-state index in [2.05, 4.69) is 33.0 Å². The van der Waals surface area contributed by atoms with Crippen LogP contribution in [0.5, 0.6) is 11.5 Å². The number of hydrogen-bond donors (Lipinski definition) is 0. The molecule has 1 saturated heterocycles. The summed E-state index contributed by atoms with van der Waals surface area (Å²) in [5.41, 5.74) is 2.49. The van der Waals surface area contributed by atoms with Gasteiger partial charge in [0.2, 0.25) is 5.89 Å². The van der Waals surface area contributed by atoms with Gasteiger partial charge in [-0.3, -0.25) is 9.80 Å². The zero-order chi connectivity index (χ0) is 20.2. The molecule has 1 aromatic carbocycles. The Bertz CT molecular complexity index is 934. The fourth-order valence-corrected chi connectivity index (χ4v) is 4.19. The minimum absolute atomic E-state index is 0.609. The Morgan fingerprint density at radius 1 is 1.00 bits per heavy atom. The molecule has 154 valence electrons. The summed E-state index contributed by atoms with van der Waals surface area (Å²) in [4.78, 5) is 5.85.